The van der Waals surface area contributed by atoms with E-state index in [0.717, 1.165) is 17.8 Å². The van der Waals surface area contributed by atoms with Crippen molar-refractivity contribution in [2.75, 3.05) is 0 Å². The Kier molecular flexibility index (Phi) is 7.03. The Morgan fingerprint density at radius 1 is 0.923 bits per heavy atom. The Balaban J connectivity index is 3.62. The molecular weight excluding hydrogens is 156 g/mol. The molecule has 2 unspecified atom stereocenters. The summed E-state index contributed by atoms with van der Waals surface area (Å²) in [6.07, 6.45) is 8.45. The summed E-state index contributed by atoms with van der Waals surface area (Å²) in [6.45, 7) is 11.5. The smallest absolute Gasteiger partial charge is 0.0322 e. The second kappa shape index (κ2) is 7.17. The van der Waals surface area contributed by atoms with Crippen molar-refractivity contribution in [2.24, 2.45) is 17.8 Å². The molecule has 0 saturated heterocycles. The molecule has 0 fully saturated rings. The van der Waals surface area contributed by atoms with Gasteiger partial charge in [0.25, 0.3) is 0 Å². The van der Waals surface area contributed by atoms with E-state index < -0.39 is 0 Å². The van der Waals surface area contributed by atoms with Gasteiger partial charge in [0.1, 0.15) is 0 Å². The highest BCUT2D eigenvalue weighted by atomic mass is 14.2. The van der Waals surface area contributed by atoms with Crippen LogP contribution in [0, 0.1) is 17.8 Å². The summed E-state index contributed by atoms with van der Waals surface area (Å²) in [4.78, 5) is 0. The Labute approximate surface area is 84.4 Å². The summed E-state index contributed by atoms with van der Waals surface area (Å²) < 4.78 is 0. The molecule has 0 N–H and O–H groups in total. The lowest BCUT2D eigenvalue weighted by Gasteiger charge is -2.19. The van der Waals surface area contributed by atoms with Crippen molar-refractivity contribution in [1.29, 1.82) is 0 Å². The lowest BCUT2D eigenvalue weighted by molar-refractivity contribution is 0.339. The minimum atomic E-state index is 0.843. The molecule has 0 amide bonds. The van der Waals surface area contributed by atoms with Gasteiger partial charge in [-0.05, 0) is 31.1 Å². The first kappa shape index (κ1) is 12.7. The first-order valence-electron chi connectivity index (χ1n) is 5.69. The molecule has 0 nitrogen and oxygen atoms in total. The number of hydrogen-bond acceptors (Lipinski definition) is 0. The van der Waals surface area contributed by atoms with Crippen LogP contribution < -0.4 is 0 Å². The second-order valence-electron chi connectivity index (χ2n) is 4.73. The molecule has 0 aliphatic rings. The van der Waals surface area contributed by atoms with Crippen LogP contribution in [0.25, 0.3) is 0 Å². The predicted molar refractivity (Wildman–Crippen MR) is 61.8 cm³/mol. The van der Waals surface area contributed by atoms with Gasteiger partial charge in [0, 0.05) is 0 Å². The SMILES string of the molecule is C/C=C\CC(C)C(C)CCC(C)C. The highest BCUT2D eigenvalue weighted by Crippen LogP contribution is 2.22. The summed E-state index contributed by atoms with van der Waals surface area (Å²) in [5.74, 6) is 2.57. The van der Waals surface area contributed by atoms with Crippen LogP contribution in [0.5, 0.6) is 0 Å². The largest absolute Gasteiger partial charge is 0.0917 e. The van der Waals surface area contributed by atoms with Crippen LogP contribution in [0.1, 0.15) is 53.9 Å². The molecule has 0 aromatic heterocycles. The van der Waals surface area contributed by atoms with Gasteiger partial charge in [-0.2, -0.15) is 0 Å². The molecule has 0 heterocycles. The summed E-state index contributed by atoms with van der Waals surface area (Å²) in [5.41, 5.74) is 0. The zero-order valence-electron chi connectivity index (χ0n) is 10.0. The monoisotopic (exact) mass is 182 g/mol. The quantitative estimate of drug-likeness (QED) is 0.524. The fraction of sp³-hybridized carbons (Fsp3) is 0.846. The van der Waals surface area contributed by atoms with E-state index in [1.165, 1.54) is 19.3 Å². The average Bonchev–Trinajstić information content (AvgIpc) is 2.10. The molecule has 0 bridgehead atoms. The Hall–Kier alpha value is -0.260. The molecule has 0 aromatic rings. The van der Waals surface area contributed by atoms with Crippen molar-refractivity contribution in [1.82, 2.24) is 0 Å². The Morgan fingerprint density at radius 3 is 2.00 bits per heavy atom. The molecule has 0 radical (unpaired) electrons. The van der Waals surface area contributed by atoms with Gasteiger partial charge in [0.05, 0.1) is 0 Å². The molecule has 0 heteroatoms. The molecule has 0 rings (SSSR count). The van der Waals surface area contributed by atoms with Crippen molar-refractivity contribution in [3.05, 3.63) is 12.2 Å². The van der Waals surface area contributed by atoms with Gasteiger partial charge in [0.15, 0.2) is 0 Å². The maximum atomic E-state index is 2.39. The molecule has 0 aliphatic heterocycles. The standard InChI is InChI=1S/C13H26/c1-6-7-8-12(4)13(5)10-9-11(2)3/h6-7,11-13H,8-10H2,1-5H3/b7-6-. The van der Waals surface area contributed by atoms with Crippen LogP contribution in [0.15, 0.2) is 12.2 Å². The highest BCUT2D eigenvalue weighted by molar-refractivity contribution is 4.80. The topological polar surface area (TPSA) is 0 Å². The maximum Gasteiger partial charge on any atom is -0.0322 e. The van der Waals surface area contributed by atoms with Crippen LogP contribution in [-0.4, -0.2) is 0 Å². The molecule has 0 spiro atoms. The maximum absolute atomic E-state index is 2.39. The van der Waals surface area contributed by atoms with Gasteiger partial charge in [-0.15, -0.1) is 0 Å². The molecule has 0 aromatic carbocycles. The van der Waals surface area contributed by atoms with Crippen molar-refractivity contribution < 1.29 is 0 Å². The molecular formula is C13H26. The summed E-state index contributed by atoms with van der Waals surface area (Å²) in [6, 6.07) is 0. The van der Waals surface area contributed by atoms with Gasteiger partial charge in [-0.3, -0.25) is 0 Å². The lowest BCUT2D eigenvalue weighted by atomic mass is 9.87. The van der Waals surface area contributed by atoms with Gasteiger partial charge in [-0.25, -0.2) is 0 Å². The summed E-state index contributed by atoms with van der Waals surface area (Å²) in [5, 5.41) is 0. The first-order valence-corrected chi connectivity index (χ1v) is 5.69. The highest BCUT2D eigenvalue weighted by Gasteiger charge is 2.10. The fourth-order valence-electron chi connectivity index (χ4n) is 1.46. The predicted octanol–water partition coefficient (Wildman–Crippen LogP) is 4.66. The average molecular weight is 182 g/mol. The lowest BCUT2D eigenvalue weighted by Crippen LogP contribution is -2.08. The van der Waals surface area contributed by atoms with Crippen LogP contribution in [-0.2, 0) is 0 Å². The van der Waals surface area contributed by atoms with E-state index in [0.29, 0.717) is 0 Å². The second-order valence-corrected chi connectivity index (χ2v) is 4.73. The van der Waals surface area contributed by atoms with Gasteiger partial charge >= 0.3 is 0 Å². The van der Waals surface area contributed by atoms with Crippen LogP contribution >= 0.6 is 0 Å². The first-order chi connectivity index (χ1) is 6.07. The number of rotatable bonds is 6. The third-order valence-corrected chi connectivity index (χ3v) is 2.91. The number of hydrogen-bond donors (Lipinski definition) is 0. The van der Waals surface area contributed by atoms with Crippen molar-refractivity contribution >= 4 is 0 Å². The molecule has 13 heavy (non-hydrogen) atoms. The summed E-state index contributed by atoms with van der Waals surface area (Å²) >= 11 is 0. The van der Waals surface area contributed by atoms with Gasteiger partial charge < -0.3 is 0 Å². The van der Waals surface area contributed by atoms with E-state index in [4.69, 9.17) is 0 Å². The Morgan fingerprint density at radius 2 is 1.54 bits per heavy atom. The molecule has 0 saturated carbocycles. The molecule has 78 valence electrons. The number of allylic oxidation sites excluding steroid dienone is 2. The van der Waals surface area contributed by atoms with Crippen LogP contribution in [0.2, 0.25) is 0 Å². The zero-order valence-corrected chi connectivity index (χ0v) is 10.0. The van der Waals surface area contributed by atoms with E-state index in [-0.39, 0.29) is 0 Å². The normalized spacial score (nSPS) is 16.8. The third-order valence-electron chi connectivity index (χ3n) is 2.91. The minimum Gasteiger partial charge on any atom is -0.0917 e. The van der Waals surface area contributed by atoms with Gasteiger partial charge in [0.2, 0.25) is 0 Å². The third kappa shape index (κ3) is 6.86. The zero-order chi connectivity index (χ0) is 10.3. The van der Waals surface area contributed by atoms with E-state index in [9.17, 15) is 0 Å². The van der Waals surface area contributed by atoms with Crippen LogP contribution in [0.3, 0.4) is 0 Å². The minimum absolute atomic E-state index is 0.843. The Bertz CT molecular complexity index is 133. The van der Waals surface area contributed by atoms with Gasteiger partial charge in [-0.1, -0.05) is 52.7 Å². The van der Waals surface area contributed by atoms with E-state index in [2.05, 4.69) is 46.8 Å². The van der Waals surface area contributed by atoms with Crippen molar-refractivity contribution in [3.63, 3.8) is 0 Å². The van der Waals surface area contributed by atoms with E-state index in [1.54, 1.807) is 0 Å². The fourth-order valence-corrected chi connectivity index (χ4v) is 1.46. The molecule has 0 aliphatic carbocycles. The van der Waals surface area contributed by atoms with Crippen molar-refractivity contribution in [3.8, 4) is 0 Å². The molecule has 2 atom stereocenters. The summed E-state index contributed by atoms with van der Waals surface area (Å²) in [7, 11) is 0. The van der Waals surface area contributed by atoms with Crippen molar-refractivity contribution in [2.45, 2.75) is 53.9 Å². The van der Waals surface area contributed by atoms with E-state index in [1.807, 2.05) is 0 Å². The van der Waals surface area contributed by atoms with Crippen LogP contribution in [0.4, 0.5) is 0 Å². The van der Waals surface area contributed by atoms with E-state index >= 15 is 0 Å².